The Morgan fingerprint density at radius 1 is 0.611 bits per heavy atom. The Hall–Kier alpha value is -6.98. The van der Waals surface area contributed by atoms with Gasteiger partial charge >= 0.3 is 0 Å². The summed E-state index contributed by atoms with van der Waals surface area (Å²) < 4.78 is 6.45. The van der Waals surface area contributed by atoms with Gasteiger partial charge in [0, 0.05) is 17.3 Å². The average molecular weight is 695 g/mol. The Labute approximate surface area is 315 Å². The average Bonchev–Trinajstić information content (AvgIpc) is 3.23. The van der Waals surface area contributed by atoms with Gasteiger partial charge in [-0.2, -0.15) is 0 Å². The first kappa shape index (κ1) is 32.9. The lowest BCUT2D eigenvalue weighted by molar-refractivity contribution is 0.425. The molecule has 0 spiro atoms. The van der Waals surface area contributed by atoms with Crippen LogP contribution in [-0.4, -0.2) is 23.9 Å². The smallest absolute Gasteiger partial charge is 0.255 e. The Morgan fingerprint density at radius 2 is 1.33 bits per heavy atom. The molecule has 9 rings (SSSR count). The number of amidine groups is 1. The highest BCUT2D eigenvalue weighted by molar-refractivity contribution is 6.93. The molecule has 0 aliphatic carbocycles. The topological polar surface area (TPSA) is 54.2 Å². The number of ether oxygens (including phenoxy) is 1. The molecule has 54 heavy (non-hydrogen) atoms. The molecule has 2 heterocycles. The zero-order valence-corrected chi connectivity index (χ0v) is 29.5. The normalized spacial score (nSPS) is 16.4. The van der Waals surface area contributed by atoms with Crippen LogP contribution in [0.5, 0.6) is 5.75 Å². The number of para-hydroxylation sites is 1. The molecule has 256 valence electrons. The van der Waals surface area contributed by atoms with Crippen LogP contribution >= 0.6 is 0 Å². The molecule has 0 saturated carbocycles. The molecule has 4 nitrogen and oxygen atoms in total. The van der Waals surface area contributed by atoms with Gasteiger partial charge in [0.2, 0.25) is 0 Å². The molecule has 7 aromatic carbocycles. The maximum absolute atomic E-state index is 10.6. The predicted octanol–water partition coefficient (Wildman–Crippen LogP) is 9.99. The van der Waals surface area contributed by atoms with E-state index in [2.05, 4.69) is 133 Å². The van der Waals surface area contributed by atoms with E-state index in [1.165, 1.54) is 11.6 Å². The summed E-state index contributed by atoms with van der Waals surface area (Å²) in [6, 6.07) is 58.5. The van der Waals surface area contributed by atoms with Crippen LogP contribution in [0.2, 0.25) is 0 Å². The maximum atomic E-state index is 10.6. The molecule has 0 atom stereocenters. The standard InChI is InChI=1S/C49H35BN2O2/c53-33-46-48-30-43(29-41-17-6-7-21-44(41)50(46)45-22-8-9-23-47(45)54-48)40-20-11-19-39(27-40)37-18-10-14-35(26-37)32-52-49(51-31-34-12-2-1-3-13-34)42-25-24-36-15-4-5-16-38(36)28-42/h1-31,33,53H,32H2/b43-29+,46-33-,48-30+,51-31?,52-49?. The zero-order valence-electron chi connectivity index (χ0n) is 29.5. The molecular formula is C49H35BN2O2. The minimum Gasteiger partial charge on any atom is -0.516 e. The highest BCUT2D eigenvalue weighted by Crippen LogP contribution is 2.34. The summed E-state index contributed by atoms with van der Waals surface area (Å²) in [5.41, 5.74) is 11.3. The second kappa shape index (κ2) is 14.6. The fourth-order valence-corrected chi connectivity index (χ4v) is 7.41. The first-order chi connectivity index (χ1) is 26.7. The van der Waals surface area contributed by atoms with E-state index in [0.717, 1.165) is 72.1 Å². The number of hydrogen-bond acceptors (Lipinski definition) is 3. The van der Waals surface area contributed by atoms with Crippen molar-refractivity contribution in [1.29, 1.82) is 0 Å². The van der Waals surface area contributed by atoms with Crippen LogP contribution in [0.3, 0.4) is 0 Å². The summed E-state index contributed by atoms with van der Waals surface area (Å²) in [5, 5.41) is 12.9. The largest absolute Gasteiger partial charge is 0.516 e. The fourth-order valence-electron chi connectivity index (χ4n) is 7.41. The Morgan fingerprint density at radius 3 is 2.20 bits per heavy atom. The molecule has 0 saturated heterocycles. The molecule has 5 heteroatoms. The van der Waals surface area contributed by atoms with E-state index >= 15 is 0 Å². The van der Waals surface area contributed by atoms with Crippen LogP contribution in [0.25, 0.3) is 33.5 Å². The van der Waals surface area contributed by atoms with Crippen LogP contribution in [0.15, 0.2) is 203 Å². The van der Waals surface area contributed by atoms with Crippen molar-refractivity contribution in [2.24, 2.45) is 9.98 Å². The van der Waals surface area contributed by atoms with Crippen molar-refractivity contribution in [2.45, 2.75) is 6.54 Å². The number of benzene rings is 7. The van der Waals surface area contributed by atoms with Gasteiger partial charge in [-0.05, 0) is 91.6 Å². The number of nitrogens with zero attached hydrogens (tertiary/aromatic N) is 2. The lowest BCUT2D eigenvalue weighted by atomic mass is 9.34. The molecule has 2 aliphatic heterocycles. The van der Waals surface area contributed by atoms with Gasteiger partial charge in [0.1, 0.15) is 11.5 Å². The number of aliphatic imine (C=N–C) groups is 2. The highest BCUT2D eigenvalue weighted by atomic mass is 16.5. The first-order valence-electron chi connectivity index (χ1n) is 18.2. The van der Waals surface area contributed by atoms with Crippen molar-refractivity contribution in [3.05, 3.63) is 221 Å². The first-order valence-corrected chi connectivity index (χ1v) is 18.2. The van der Waals surface area contributed by atoms with Crippen LogP contribution < -0.4 is 15.7 Å². The summed E-state index contributed by atoms with van der Waals surface area (Å²) >= 11 is 0. The van der Waals surface area contributed by atoms with E-state index in [1.807, 2.05) is 54.7 Å². The van der Waals surface area contributed by atoms with E-state index in [0.29, 0.717) is 18.1 Å². The van der Waals surface area contributed by atoms with Crippen LogP contribution in [0.4, 0.5) is 0 Å². The van der Waals surface area contributed by atoms with Crippen LogP contribution in [-0.2, 0) is 6.54 Å². The third-order valence-electron chi connectivity index (χ3n) is 10.1. The Balaban J connectivity index is 1.06. The molecule has 2 bridgehead atoms. The SMILES string of the molecule is O/C=C1B2c3ccccc3\C=C(c3cccc(-c4cccc(CN=C(N=Cc5ccccc5)c5ccc6ccccc6c5)c4)c3)/C=C\1Oc1ccccc12. The Kier molecular flexibility index (Phi) is 8.88. The van der Waals surface area contributed by atoms with Crippen LogP contribution in [0, 0.1) is 0 Å². The minimum absolute atomic E-state index is 0.136. The van der Waals surface area contributed by atoms with Crippen molar-refractivity contribution < 1.29 is 9.84 Å². The zero-order chi connectivity index (χ0) is 36.3. The van der Waals surface area contributed by atoms with Gasteiger partial charge in [0.15, 0.2) is 5.84 Å². The second-order valence-electron chi connectivity index (χ2n) is 13.5. The number of aliphatic hydroxyl groups is 1. The maximum Gasteiger partial charge on any atom is 0.255 e. The quantitative estimate of drug-likeness (QED) is 0.0816. The molecule has 7 aromatic rings. The third kappa shape index (κ3) is 6.60. The molecular weight excluding hydrogens is 659 g/mol. The van der Waals surface area contributed by atoms with E-state index < -0.39 is 0 Å². The van der Waals surface area contributed by atoms with Gasteiger partial charge in [0.25, 0.3) is 6.71 Å². The summed E-state index contributed by atoms with van der Waals surface area (Å²) in [7, 11) is 0. The van der Waals surface area contributed by atoms with E-state index in [9.17, 15) is 5.11 Å². The lowest BCUT2D eigenvalue weighted by Crippen LogP contribution is -2.50. The highest BCUT2D eigenvalue weighted by Gasteiger charge is 2.37. The number of aliphatic hydroxyl groups excluding tert-OH is 1. The van der Waals surface area contributed by atoms with Crippen LogP contribution in [0.1, 0.15) is 27.8 Å². The number of hydrogen-bond donors (Lipinski definition) is 1. The Bertz CT molecular complexity index is 2690. The van der Waals surface area contributed by atoms with Gasteiger partial charge in [0.05, 0.1) is 12.8 Å². The molecule has 0 radical (unpaired) electrons. The summed E-state index contributed by atoms with van der Waals surface area (Å²) in [5.74, 6) is 2.13. The van der Waals surface area contributed by atoms with Gasteiger partial charge in [-0.3, -0.25) is 4.99 Å². The van der Waals surface area contributed by atoms with Gasteiger partial charge < -0.3 is 9.84 Å². The number of allylic oxidation sites excluding steroid dienone is 3. The van der Waals surface area contributed by atoms with Crippen molar-refractivity contribution in [2.75, 3.05) is 0 Å². The molecule has 2 aliphatic rings. The van der Waals surface area contributed by atoms with Crippen molar-refractivity contribution in [3.63, 3.8) is 0 Å². The lowest BCUT2D eigenvalue weighted by Gasteiger charge is -2.30. The van der Waals surface area contributed by atoms with Crippen molar-refractivity contribution in [3.8, 4) is 16.9 Å². The van der Waals surface area contributed by atoms with E-state index in [-0.39, 0.29) is 6.71 Å². The monoisotopic (exact) mass is 694 g/mol. The predicted molar refractivity (Wildman–Crippen MR) is 225 cm³/mol. The second-order valence-corrected chi connectivity index (χ2v) is 13.5. The third-order valence-corrected chi connectivity index (χ3v) is 10.1. The van der Waals surface area contributed by atoms with Gasteiger partial charge in [-0.15, -0.1) is 0 Å². The van der Waals surface area contributed by atoms with E-state index in [4.69, 9.17) is 14.7 Å². The van der Waals surface area contributed by atoms with Crippen molar-refractivity contribution in [1.82, 2.24) is 0 Å². The summed E-state index contributed by atoms with van der Waals surface area (Å²) in [6.07, 6.45) is 7.36. The molecule has 1 N–H and O–H groups in total. The summed E-state index contributed by atoms with van der Waals surface area (Å²) in [4.78, 5) is 9.97. The van der Waals surface area contributed by atoms with Gasteiger partial charge in [-0.25, -0.2) is 4.99 Å². The molecule has 0 aromatic heterocycles. The fraction of sp³-hybridized carbons (Fsp3) is 0.0204. The number of rotatable bonds is 6. The minimum atomic E-state index is -0.136. The molecule has 0 unspecified atom stereocenters. The van der Waals surface area contributed by atoms with E-state index in [1.54, 1.807) is 0 Å². The molecule has 0 amide bonds. The van der Waals surface area contributed by atoms with Crippen molar-refractivity contribution >= 4 is 52.1 Å². The van der Waals surface area contributed by atoms with Gasteiger partial charge in [-0.1, -0.05) is 151 Å². The molecule has 0 fully saturated rings. The number of fused-ring (bicyclic) bond motifs is 7. The summed E-state index contributed by atoms with van der Waals surface area (Å²) in [6.45, 7) is 0.342.